The van der Waals surface area contributed by atoms with Crippen molar-refractivity contribution < 1.29 is 13.2 Å². The maximum atomic E-state index is 11.8. The van der Waals surface area contributed by atoms with E-state index in [0.717, 1.165) is 10.0 Å². The molecule has 0 bridgehead atoms. The predicted molar refractivity (Wildman–Crippen MR) is 74.4 cm³/mol. The molecule has 1 unspecified atom stereocenters. The fourth-order valence-electron chi connectivity index (χ4n) is 1.86. The molecule has 1 aromatic carbocycles. The quantitative estimate of drug-likeness (QED) is 0.768. The summed E-state index contributed by atoms with van der Waals surface area (Å²) >= 11 is 3.39. The molecule has 1 saturated heterocycles. The van der Waals surface area contributed by atoms with Crippen molar-refractivity contribution in [1.82, 2.24) is 0 Å². The zero-order chi connectivity index (χ0) is 13.5. The summed E-state index contributed by atoms with van der Waals surface area (Å²) in [6, 6.07) is 5.47. The molecule has 2 rings (SSSR count). The van der Waals surface area contributed by atoms with Crippen molar-refractivity contribution >= 4 is 47.3 Å². The molecular formula is C11H11BrClNO3S. The summed E-state index contributed by atoms with van der Waals surface area (Å²) in [5.41, 5.74) is 1.73. The minimum absolute atomic E-state index is 0.0582. The van der Waals surface area contributed by atoms with Gasteiger partial charge in [-0.1, -0.05) is 22.0 Å². The number of nitrogens with zero attached hydrogens (tertiary/aromatic N) is 1. The SMILES string of the molecule is Cc1ccc(N2CC(S(=O)(=O)Cl)CC2=O)cc1Br. The van der Waals surface area contributed by atoms with Crippen molar-refractivity contribution in [2.75, 3.05) is 11.4 Å². The second-order valence-electron chi connectivity index (χ2n) is 4.24. The molecule has 1 atom stereocenters. The van der Waals surface area contributed by atoms with E-state index in [2.05, 4.69) is 15.9 Å². The molecule has 1 heterocycles. The molecule has 18 heavy (non-hydrogen) atoms. The van der Waals surface area contributed by atoms with E-state index in [4.69, 9.17) is 10.7 Å². The first-order chi connectivity index (χ1) is 8.29. The molecule has 4 nitrogen and oxygen atoms in total. The minimum Gasteiger partial charge on any atom is -0.311 e. The molecular weight excluding hydrogens is 342 g/mol. The van der Waals surface area contributed by atoms with Crippen LogP contribution in [0.25, 0.3) is 0 Å². The van der Waals surface area contributed by atoms with Gasteiger partial charge in [-0.15, -0.1) is 0 Å². The highest BCUT2D eigenvalue weighted by molar-refractivity contribution is 9.10. The van der Waals surface area contributed by atoms with Crippen LogP contribution in [-0.2, 0) is 13.8 Å². The summed E-state index contributed by atoms with van der Waals surface area (Å²) in [5, 5.41) is -0.827. The van der Waals surface area contributed by atoms with Crippen molar-refractivity contribution in [3.8, 4) is 0 Å². The Hall–Kier alpha value is -0.590. The monoisotopic (exact) mass is 351 g/mol. The first-order valence-corrected chi connectivity index (χ1v) is 8.45. The third-order valence-electron chi connectivity index (χ3n) is 2.95. The number of halogens is 2. The Morgan fingerprint density at radius 2 is 2.11 bits per heavy atom. The third kappa shape index (κ3) is 2.70. The molecule has 1 amide bonds. The van der Waals surface area contributed by atoms with E-state index in [1.54, 1.807) is 12.1 Å². The topological polar surface area (TPSA) is 54.5 Å². The fraction of sp³-hybridized carbons (Fsp3) is 0.364. The van der Waals surface area contributed by atoms with Gasteiger partial charge in [0.1, 0.15) is 5.25 Å². The van der Waals surface area contributed by atoms with Crippen LogP contribution in [0.5, 0.6) is 0 Å². The van der Waals surface area contributed by atoms with Crippen LogP contribution >= 0.6 is 26.6 Å². The highest BCUT2D eigenvalue weighted by Gasteiger charge is 2.37. The Bertz CT molecular complexity index is 602. The van der Waals surface area contributed by atoms with E-state index >= 15 is 0 Å². The van der Waals surface area contributed by atoms with Crippen LogP contribution in [0.3, 0.4) is 0 Å². The summed E-state index contributed by atoms with van der Waals surface area (Å²) in [6.45, 7) is 2.05. The van der Waals surface area contributed by atoms with Gasteiger partial charge in [0, 0.05) is 33.8 Å². The predicted octanol–water partition coefficient (Wildman–Crippen LogP) is 2.43. The lowest BCUT2D eigenvalue weighted by atomic mass is 10.2. The minimum atomic E-state index is -3.70. The number of benzene rings is 1. The summed E-state index contributed by atoms with van der Waals surface area (Å²) in [4.78, 5) is 13.3. The third-order valence-corrected chi connectivity index (χ3v) is 5.68. The van der Waals surface area contributed by atoms with Gasteiger partial charge in [-0.2, -0.15) is 0 Å². The van der Waals surface area contributed by atoms with E-state index in [1.807, 2.05) is 13.0 Å². The lowest BCUT2D eigenvalue weighted by molar-refractivity contribution is -0.117. The Morgan fingerprint density at radius 1 is 1.44 bits per heavy atom. The van der Waals surface area contributed by atoms with Crippen LogP contribution in [-0.4, -0.2) is 26.1 Å². The smallest absolute Gasteiger partial charge is 0.237 e. The Morgan fingerprint density at radius 3 is 2.61 bits per heavy atom. The van der Waals surface area contributed by atoms with Gasteiger partial charge < -0.3 is 4.90 Å². The van der Waals surface area contributed by atoms with Crippen LogP contribution in [0, 0.1) is 6.92 Å². The highest BCUT2D eigenvalue weighted by Crippen LogP contribution is 2.29. The van der Waals surface area contributed by atoms with Gasteiger partial charge in [0.25, 0.3) is 0 Å². The van der Waals surface area contributed by atoms with Gasteiger partial charge in [0.05, 0.1) is 0 Å². The van der Waals surface area contributed by atoms with Crippen molar-refractivity contribution in [3.05, 3.63) is 28.2 Å². The van der Waals surface area contributed by atoms with Crippen LogP contribution in [0.1, 0.15) is 12.0 Å². The van der Waals surface area contributed by atoms with Gasteiger partial charge in [-0.3, -0.25) is 4.79 Å². The number of rotatable bonds is 2. The number of hydrogen-bond acceptors (Lipinski definition) is 3. The summed E-state index contributed by atoms with van der Waals surface area (Å²) in [7, 11) is 1.60. The lowest BCUT2D eigenvalue weighted by Gasteiger charge is -2.17. The fourth-order valence-corrected chi connectivity index (χ4v) is 3.26. The molecule has 0 saturated carbocycles. The molecule has 1 fully saturated rings. The summed E-state index contributed by atoms with van der Waals surface area (Å²) in [6.07, 6.45) is -0.0582. The number of carbonyl (C=O) groups is 1. The van der Waals surface area contributed by atoms with Crippen molar-refractivity contribution in [2.24, 2.45) is 0 Å². The zero-order valence-electron chi connectivity index (χ0n) is 9.56. The second-order valence-corrected chi connectivity index (χ2v) is 8.00. The molecule has 0 radical (unpaired) electrons. The maximum absolute atomic E-state index is 11.8. The van der Waals surface area contributed by atoms with Gasteiger partial charge in [0.2, 0.25) is 15.0 Å². The molecule has 98 valence electrons. The average molecular weight is 353 g/mol. The maximum Gasteiger partial charge on any atom is 0.237 e. The first-order valence-electron chi connectivity index (χ1n) is 5.29. The number of hydrogen-bond donors (Lipinski definition) is 0. The van der Waals surface area contributed by atoms with Crippen molar-refractivity contribution in [2.45, 2.75) is 18.6 Å². The standard InChI is InChI=1S/C11H11BrClNO3S/c1-7-2-3-8(4-10(7)12)14-6-9(5-11(14)15)18(13,16)17/h2-4,9H,5-6H2,1H3. The van der Waals surface area contributed by atoms with E-state index in [1.165, 1.54) is 4.90 Å². The van der Waals surface area contributed by atoms with Gasteiger partial charge in [-0.05, 0) is 24.6 Å². The molecule has 0 aromatic heterocycles. The molecule has 0 N–H and O–H groups in total. The molecule has 7 heteroatoms. The number of aryl methyl sites for hydroxylation is 1. The second kappa shape index (κ2) is 4.83. The van der Waals surface area contributed by atoms with Crippen LogP contribution in [0.15, 0.2) is 22.7 Å². The Balaban J connectivity index is 2.30. The number of anilines is 1. The summed E-state index contributed by atoms with van der Waals surface area (Å²) < 4.78 is 23.4. The van der Waals surface area contributed by atoms with Crippen molar-refractivity contribution in [1.29, 1.82) is 0 Å². The van der Waals surface area contributed by atoms with Gasteiger partial charge in [0.15, 0.2) is 0 Å². The van der Waals surface area contributed by atoms with Crippen molar-refractivity contribution in [3.63, 3.8) is 0 Å². The van der Waals surface area contributed by atoms with E-state index in [-0.39, 0.29) is 18.9 Å². The molecule has 1 aliphatic rings. The lowest BCUT2D eigenvalue weighted by Crippen LogP contribution is -2.26. The molecule has 0 spiro atoms. The number of amides is 1. The van der Waals surface area contributed by atoms with E-state index in [0.29, 0.717) is 5.69 Å². The van der Waals surface area contributed by atoms with E-state index in [9.17, 15) is 13.2 Å². The normalized spacial score (nSPS) is 20.5. The molecule has 1 aliphatic heterocycles. The van der Waals surface area contributed by atoms with Gasteiger partial charge >= 0.3 is 0 Å². The largest absolute Gasteiger partial charge is 0.311 e. The summed E-state index contributed by atoms with van der Waals surface area (Å²) in [5.74, 6) is -0.222. The zero-order valence-corrected chi connectivity index (χ0v) is 12.7. The average Bonchev–Trinajstić information content (AvgIpc) is 2.64. The molecule has 1 aromatic rings. The van der Waals surface area contributed by atoms with Gasteiger partial charge in [-0.25, -0.2) is 8.42 Å². The Labute approximate surface area is 118 Å². The first kappa shape index (κ1) is 13.8. The van der Waals surface area contributed by atoms with Crippen LogP contribution in [0.2, 0.25) is 0 Å². The Kier molecular flexibility index (Phi) is 3.71. The molecule has 0 aliphatic carbocycles. The van der Waals surface area contributed by atoms with E-state index < -0.39 is 14.3 Å². The van der Waals surface area contributed by atoms with Crippen LogP contribution in [0.4, 0.5) is 5.69 Å². The highest BCUT2D eigenvalue weighted by atomic mass is 79.9. The number of carbonyl (C=O) groups excluding carboxylic acids is 1. The van der Waals surface area contributed by atoms with Crippen LogP contribution < -0.4 is 4.90 Å².